The summed E-state index contributed by atoms with van der Waals surface area (Å²) >= 11 is 0. The smallest absolute Gasteiger partial charge is 0.206 e. The van der Waals surface area contributed by atoms with Gasteiger partial charge in [0.05, 0.1) is 6.04 Å². The summed E-state index contributed by atoms with van der Waals surface area (Å²) in [5.74, 6) is 1.07. The summed E-state index contributed by atoms with van der Waals surface area (Å²) in [5.41, 5.74) is 3.58. The number of aliphatic imine (C=N–C) groups is 1. The van der Waals surface area contributed by atoms with E-state index < -0.39 is 0 Å². The minimum Gasteiger partial charge on any atom is -0.353 e. The maximum absolute atomic E-state index is 5.05. The Hall–Kier alpha value is -0.770. The Labute approximate surface area is 129 Å². The predicted molar refractivity (Wildman–Crippen MR) is 88.3 cm³/mol. The Morgan fingerprint density at radius 1 is 0.762 bits per heavy atom. The Morgan fingerprint density at radius 2 is 1.38 bits per heavy atom. The van der Waals surface area contributed by atoms with Crippen LogP contribution in [0.5, 0.6) is 0 Å². The maximum Gasteiger partial charge on any atom is 0.206 e. The Morgan fingerprint density at radius 3 is 2.05 bits per heavy atom. The summed E-state index contributed by atoms with van der Waals surface area (Å²) in [6.07, 6.45) is 16.1. The topological polar surface area (TPSA) is 39.7 Å². The minimum absolute atomic E-state index is 0.542. The van der Waals surface area contributed by atoms with E-state index in [2.05, 4.69) is 15.8 Å². The first-order valence-corrected chi connectivity index (χ1v) is 9.26. The highest BCUT2D eigenvalue weighted by Crippen LogP contribution is 2.21. The average Bonchev–Trinajstić information content (AvgIpc) is 3.02. The third-order valence-electron chi connectivity index (χ3n) is 5.20. The fraction of sp³-hybridized carbons (Fsp3) is 0.941. The first-order chi connectivity index (χ1) is 10.4. The van der Waals surface area contributed by atoms with E-state index in [1.54, 1.807) is 0 Å². The molecule has 0 atom stereocenters. The van der Waals surface area contributed by atoms with Crippen molar-refractivity contribution in [2.75, 3.05) is 13.1 Å². The zero-order valence-electron chi connectivity index (χ0n) is 13.4. The van der Waals surface area contributed by atoms with Gasteiger partial charge in [-0.3, -0.25) is 5.43 Å². The standard InChI is InChI=1S/C17H32N4/c1-3-9-15(10-4-1)18-17(20-21-13-7-8-14-21)19-16-11-5-2-6-12-16/h15-16H,1-14H2,(H2,18,19,20). The lowest BCUT2D eigenvalue weighted by Crippen LogP contribution is -2.51. The van der Waals surface area contributed by atoms with Crippen LogP contribution in [0.1, 0.15) is 77.0 Å². The molecule has 3 rings (SSSR count). The number of nitrogens with zero attached hydrogens (tertiary/aromatic N) is 2. The van der Waals surface area contributed by atoms with Crippen molar-refractivity contribution in [1.82, 2.24) is 15.8 Å². The molecule has 0 aromatic rings. The molecule has 0 radical (unpaired) electrons. The lowest BCUT2D eigenvalue weighted by Gasteiger charge is -2.29. The zero-order chi connectivity index (χ0) is 14.3. The van der Waals surface area contributed by atoms with Gasteiger partial charge in [-0.25, -0.2) is 10.0 Å². The van der Waals surface area contributed by atoms with Crippen LogP contribution >= 0.6 is 0 Å². The third kappa shape index (κ3) is 4.87. The quantitative estimate of drug-likeness (QED) is 0.620. The average molecular weight is 292 g/mol. The van der Waals surface area contributed by atoms with Gasteiger partial charge in [0.2, 0.25) is 5.96 Å². The van der Waals surface area contributed by atoms with Gasteiger partial charge in [0, 0.05) is 19.1 Å². The molecule has 4 nitrogen and oxygen atoms in total. The molecule has 4 heteroatoms. The first-order valence-electron chi connectivity index (χ1n) is 9.26. The van der Waals surface area contributed by atoms with E-state index in [1.165, 1.54) is 77.0 Å². The number of rotatable bonds is 3. The Bertz CT molecular complexity index is 324. The van der Waals surface area contributed by atoms with Crippen LogP contribution in [-0.2, 0) is 0 Å². The molecular formula is C17H32N4. The number of hydrazine groups is 1. The second-order valence-electron chi connectivity index (χ2n) is 7.05. The lowest BCUT2D eigenvalue weighted by molar-refractivity contribution is 0.283. The number of guanidine groups is 1. The van der Waals surface area contributed by atoms with Crippen molar-refractivity contribution >= 4 is 5.96 Å². The second-order valence-corrected chi connectivity index (χ2v) is 7.05. The van der Waals surface area contributed by atoms with Crippen LogP contribution in [0.25, 0.3) is 0 Å². The van der Waals surface area contributed by atoms with Gasteiger partial charge in [0.25, 0.3) is 0 Å². The van der Waals surface area contributed by atoms with Gasteiger partial charge < -0.3 is 5.32 Å². The Kier molecular flexibility index (Phi) is 5.78. The molecular weight excluding hydrogens is 260 g/mol. The van der Waals surface area contributed by atoms with E-state index in [9.17, 15) is 0 Å². The number of nitrogens with one attached hydrogen (secondary N) is 2. The van der Waals surface area contributed by atoms with Crippen molar-refractivity contribution in [1.29, 1.82) is 0 Å². The SMILES string of the molecule is C1CCC(/N=C(/NC2CCCCC2)NN2CCCC2)CC1. The summed E-state index contributed by atoms with van der Waals surface area (Å²) in [7, 11) is 0. The maximum atomic E-state index is 5.05. The van der Waals surface area contributed by atoms with E-state index in [4.69, 9.17) is 4.99 Å². The van der Waals surface area contributed by atoms with Crippen LogP contribution in [0.3, 0.4) is 0 Å². The predicted octanol–water partition coefficient (Wildman–Crippen LogP) is 3.20. The van der Waals surface area contributed by atoms with E-state index in [1.807, 2.05) is 0 Å². The summed E-state index contributed by atoms with van der Waals surface area (Å²) in [6.45, 7) is 2.33. The molecule has 0 spiro atoms. The molecule has 0 bridgehead atoms. The summed E-state index contributed by atoms with van der Waals surface area (Å²) in [6, 6.07) is 1.18. The van der Waals surface area contributed by atoms with Crippen LogP contribution in [0.15, 0.2) is 4.99 Å². The van der Waals surface area contributed by atoms with Crippen LogP contribution in [-0.4, -0.2) is 36.1 Å². The molecule has 21 heavy (non-hydrogen) atoms. The molecule has 1 aliphatic heterocycles. The third-order valence-corrected chi connectivity index (χ3v) is 5.20. The highest BCUT2D eigenvalue weighted by atomic mass is 15.6. The van der Waals surface area contributed by atoms with Crippen molar-refractivity contribution in [3.8, 4) is 0 Å². The molecule has 0 amide bonds. The van der Waals surface area contributed by atoms with Crippen LogP contribution in [0.4, 0.5) is 0 Å². The number of hydrogen-bond acceptors (Lipinski definition) is 2. The molecule has 0 aromatic carbocycles. The second kappa shape index (κ2) is 8.02. The molecule has 1 saturated heterocycles. The van der Waals surface area contributed by atoms with Gasteiger partial charge >= 0.3 is 0 Å². The molecule has 0 aromatic heterocycles. The molecule has 2 aliphatic carbocycles. The van der Waals surface area contributed by atoms with E-state index in [0.29, 0.717) is 12.1 Å². The van der Waals surface area contributed by atoms with Crippen molar-refractivity contribution < 1.29 is 0 Å². The van der Waals surface area contributed by atoms with Crippen LogP contribution in [0, 0.1) is 0 Å². The molecule has 120 valence electrons. The fourth-order valence-electron chi connectivity index (χ4n) is 3.91. The van der Waals surface area contributed by atoms with E-state index in [0.717, 1.165) is 19.0 Å². The molecule has 1 heterocycles. The summed E-state index contributed by atoms with van der Waals surface area (Å²) in [5, 5.41) is 6.07. The zero-order valence-corrected chi connectivity index (χ0v) is 13.4. The molecule has 3 aliphatic rings. The summed E-state index contributed by atoms with van der Waals surface area (Å²) < 4.78 is 0. The van der Waals surface area contributed by atoms with Crippen LogP contribution < -0.4 is 10.7 Å². The van der Waals surface area contributed by atoms with Crippen molar-refractivity contribution in [2.24, 2.45) is 4.99 Å². The largest absolute Gasteiger partial charge is 0.353 e. The molecule has 2 N–H and O–H groups in total. The number of hydrogen-bond donors (Lipinski definition) is 2. The molecule has 2 saturated carbocycles. The van der Waals surface area contributed by atoms with E-state index >= 15 is 0 Å². The fourth-order valence-corrected chi connectivity index (χ4v) is 3.91. The Balaban J connectivity index is 1.59. The van der Waals surface area contributed by atoms with Gasteiger partial charge in [-0.2, -0.15) is 0 Å². The van der Waals surface area contributed by atoms with Crippen molar-refractivity contribution in [2.45, 2.75) is 89.1 Å². The molecule has 0 unspecified atom stereocenters. The van der Waals surface area contributed by atoms with Gasteiger partial charge in [-0.05, 0) is 38.5 Å². The van der Waals surface area contributed by atoms with Gasteiger partial charge in [0.1, 0.15) is 0 Å². The van der Waals surface area contributed by atoms with Crippen LogP contribution in [0.2, 0.25) is 0 Å². The summed E-state index contributed by atoms with van der Waals surface area (Å²) in [4.78, 5) is 5.05. The highest BCUT2D eigenvalue weighted by molar-refractivity contribution is 5.79. The van der Waals surface area contributed by atoms with Gasteiger partial charge in [-0.15, -0.1) is 0 Å². The highest BCUT2D eigenvalue weighted by Gasteiger charge is 2.20. The molecule has 3 fully saturated rings. The van der Waals surface area contributed by atoms with Crippen molar-refractivity contribution in [3.05, 3.63) is 0 Å². The minimum atomic E-state index is 0.542. The lowest BCUT2D eigenvalue weighted by atomic mass is 9.95. The van der Waals surface area contributed by atoms with E-state index in [-0.39, 0.29) is 0 Å². The van der Waals surface area contributed by atoms with Gasteiger partial charge in [-0.1, -0.05) is 38.5 Å². The monoisotopic (exact) mass is 292 g/mol. The van der Waals surface area contributed by atoms with Crippen molar-refractivity contribution in [3.63, 3.8) is 0 Å². The normalized spacial score (nSPS) is 27.0. The van der Waals surface area contributed by atoms with Gasteiger partial charge in [0.15, 0.2) is 0 Å². The first kappa shape index (κ1) is 15.1.